The highest BCUT2D eigenvalue weighted by Crippen LogP contribution is 2.27. The van der Waals surface area contributed by atoms with E-state index in [1.807, 2.05) is 29.2 Å². The van der Waals surface area contributed by atoms with Gasteiger partial charge in [-0.05, 0) is 42.7 Å². The SMILES string of the molecule is O=C(CCN1CCN(c2cccc(Cl)c2)CC1)N1CCCc2ccccc21. The second-order valence-electron chi connectivity index (χ2n) is 7.34. The molecule has 4 rings (SSSR count). The Morgan fingerprint density at radius 1 is 0.963 bits per heavy atom. The summed E-state index contributed by atoms with van der Waals surface area (Å²) in [7, 11) is 0. The van der Waals surface area contributed by atoms with Crippen LogP contribution in [0.1, 0.15) is 18.4 Å². The maximum Gasteiger partial charge on any atom is 0.228 e. The smallest absolute Gasteiger partial charge is 0.228 e. The van der Waals surface area contributed by atoms with Crippen LogP contribution in [-0.2, 0) is 11.2 Å². The minimum absolute atomic E-state index is 0.249. The van der Waals surface area contributed by atoms with E-state index in [1.54, 1.807) is 0 Å². The number of anilines is 2. The molecule has 0 aliphatic carbocycles. The fourth-order valence-corrected chi connectivity index (χ4v) is 4.27. The maximum atomic E-state index is 12.8. The molecule has 142 valence electrons. The van der Waals surface area contributed by atoms with Crippen LogP contribution in [0.15, 0.2) is 48.5 Å². The van der Waals surface area contributed by atoms with E-state index in [4.69, 9.17) is 11.6 Å². The first-order chi connectivity index (χ1) is 13.2. The zero-order valence-electron chi connectivity index (χ0n) is 15.6. The maximum absolute atomic E-state index is 12.8. The number of amides is 1. The van der Waals surface area contributed by atoms with Crippen molar-refractivity contribution in [2.24, 2.45) is 0 Å². The summed E-state index contributed by atoms with van der Waals surface area (Å²) in [4.78, 5) is 19.6. The number of benzene rings is 2. The predicted octanol–water partition coefficient (Wildman–Crippen LogP) is 3.83. The molecule has 2 aromatic rings. The van der Waals surface area contributed by atoms with Crippen molar-refractivity contribution >= 4 is 28.9 Å². The number of hydrogen-bond acceptors (Lipinski definition) is 3. The molecule has 0 bridgehead atoms. The Morgan fingerprint density at radius 3 is 2.59 bits per heavy atom. The quantitative estimate of drug-likeness (QED) is 0.802. The third-order valence-electron chi connectivity index (χ3n) is 5.60. The molecule has 0 spiro atoms. The Bertz CT molecular complexity index is 802. The van der Waals surface area contributed by atoms with Crippen molar-refractivity contribution in [3.63, 3.8) is 0 Å². The Hall–Kier alpha value is -2.04. The Kier molecular flexibility index (Phi) is 5.65. The average molecular weight is 384 g/mol. The summed E-state index contributed by atoms with van der Waals surface area (Å²) in [5, 5.41) is 0.780. The van der Waals surface area contributed by atoms with Gasteiger partial charge >= 0.3 is 0 Å². The molecule has 0 saturated carbocycles. The van der Waals surface area contributed by atoms with E-state index in [1.165, 1.54) is 11.3 Å². The largest absolute Gasteiger partial charge is 0.369 e. The molecule has 1 amide bonds. The van der Waals surface area contributed by atoms with Crippen molar-refractivity contribution in [2.45, 2.75) is 19.3 Å². The van der Waals surface area contributed by atoms with Crippen LogP contribution in [0.25, 0.3) is 0 Å². The summed E-state index contributed by atoms with van der Waals surface area (Å²) in [6.07, 6.45) is 2.72. The number of aryl methyl sites for hydroxylation is 1. The summed E-state index contributed by atoms with van der Waals surface area (Å²) in [6, 6.07) is 16.4. The number of rotatable bonds is 4. The first kappa shape index (κ1) is 18.3. The zero-order valence-corrected chi connectivity index (χ0v) is 16.4. The Labute approximate surface area is 166 Å². The van der Waals surface area contributed by atoms with Gasteiger partial charge in [-0.15, -0.1) is 0 Å². The molecular weight excluding hydrogens is 358 g/mol. The highest BCUT2D eigenvalue weighted by atomic mass is 35.5. The lowest BCUT2D eigenvalue weighted by molar-refractivity contribution is -0.119. The lowest BCUT2D eigenvalue weighted by Crippen LogP contribution is -2.47. The van der Waals surface area contributed by atoms with Gasteiger partial charge in [0.2, 0.25) is 5.91 Å². The van der Waals surface area contributed by atoms with Crippen molar-refractivity contribution in [2.75, 3.05) is 49.1 Å². The Balaban J connectivity index is 1.29. The third-order valence-corrected chi connectivity index (χ3v) is 5.83. The van der Waals surface area contributed by atoms with E-state index < -0.39 is 0 Å². The van der Waals surface area contributed by atoms with Gasteiger partial charge in [0, 0.05) is 62.1 Å². The van der Waals surface area contributed by atoms with Crippen molar-refractivity contribution in [3.8, 4) is 0 Å². The number of para-hydroxylation sites is 1. The minimum Gasteiger partial charge on any atom is -0.369 e. The highest BCUT2D eigenvalue weighted by molar-refractivity contribution is 6.30. The van der Waals surface area contributed by atoms with E-state index >= 15 is 0 Å². The topological polar surface area (TPSA) is 26.8 Å². The molecule has 0 N–H and O–H groups in total. The van der Waals surface area contributed by atoms with Gasteiger partial charge in [-0.2, -0.15) is 0 Å². The molecule has 2 heterocycles. The van der Waals surface area contributed by atoms with Crippen LogP contribution in [0, 0.1) is 0 Å². The summed E-state index contributed by atoms with van der Waals surface area (Å²) in [5.41, 5.74) is 3.59. The number of piperazine rings is 1. The van der Waals surface area contributed by atoms with Crippen molar-refractivity contribution in [1.29, 1.82) is 0 Å². The highest BCUT2D eigenvalue weighted by Gasteiger charge is 2.23. The fraction of sp³-hybridized carbons (Fsp3) is 0.409. The number of fused-ring (bicyclic) bond motifs is 1. The standard InChI is InChI=1S/C22H26ClN3O/c23-19-7-3-8-20(17-19)25-15-13-24(14-16-25)12-10-22(27)26-11-4-6-18-5-1-2-9-21(18)26/h1-3,5,7-9,17H,4,6,10-16H2. The van der Waals surface area contributed by atoms with Gasteiger partial charge in [-0.1, -0.05) is 35.9 Å². The second-order valence-corrected chi connectivity index (χ2v) is 7.77. The zero-order chi connectivity index (χ0) is 18.6. The number of halogens is 1. The molecule has 2 aliphatic rings. The van der Waals surface area contributed by atoms with Crippen molar-refractivity contribution in [1.82, 2.24) is 4.90 Å². The lowest BCUT2D eigenvalue weighted by Gasteiger charge is -2.36. The molecule has 0 radical (unpaired) electrons. The number of nitrogens with zero attached hydrogens (tertiary/aromatic N) is 3. The van der Waals surface area contributed by atoms with Gasteiger partial charge in [-0.25, -0.2) is 0 Å². The number of carbonyl (C=O) groups excluding carboxylic acids is 1. The van der Waals surface area contributed by atoms with Crippen molar-refractivity contribution < 1.29 is 4.79 Å². The van der Waals surface area contributed by atoms with Gasteiger partial charge in [-0.3, -0.25) is 9.69 Å². The third kappa shape index (κ3) is 4.28. The number of carbonyl (C=O) groups is 1. The predicted molar refractivity (Wildman–Crippen MR) is 112 cm³/mol. The van der Waals surface area contributed by atoms with Gasteiger partial charge < -0.3 is 9.80 Å². The molecule has 0 atom stereocenters. The average Bonchev–Trinajstić information content (AvgIpc) is 2.72. The van der Waals surface area contributed by atoms with Crippen LogP contribution in [0.3, 0.4) is 0 Å². The molecule has 5 heteroatoms. The first-order valence-corrected chi connectivity index (χ1v) is 10.2. The molecule has 4 nitrogen and oxygen atoms in total. The molecule has 27 heavy (non-hydrogen) atoms. The summed E-state index contributed by atoms with van der Waals surface area (Å²) in [6.45, 7) is 5.59. The molecule has 2 aliphatic heterocycles. The van der Waals surface area contributed by atoms with E-state index in [0.717, 1.165) is 62.8 Å². The first-order valence-electron chi connectivity index (χ1n) is 9.82. The summed E-state index contributed by atoms with van der Waals surface area (Å²) < 4.78 is 0. The minimum atomic E-state index is 0.249. The summed E-state index contributed by atoms with van der Waals surface area (Å²) in [5.74, 6) is 0.249. The molecular formula is C22H26ClN3O. The van der Waals surface area contributed by atoms with Crippen LogP contribution in [-0.4, -0.2) is 50.1 Å². The van der Waals surface area contributed by atoms with E-state index in [0.29, 0.717) is 6.42 Å². The monoisotopic (exact) mass is 383 g/mol. The van der Waals surface area contributed by atoms with Gasteiger partial charge in [0.25, 0.3) is 0 Å². The summed E-state index contributed by atoms with van der Waals surface area (Å²) >= 11 is 6.11. The van der Waals surface area contributed by atoms with E-state index in [-0.39, 0.29) is 5.91 Å². The van der Waals surface area contributed by atoms with Crippen molar-refractivity contribution in [3.05, 3.63) is 59.1 Å². The van der Waals surface area contributed by atoms with Crippen LogP contribution in [0.4, 0.5) is 11.4 Å². The Morgan fingerprint density at radius 2 is 1.78 bits per heavy atom. The van der Waals surface area contributed by atoms with E-state index in [9.17, 15) is 4.79 Å². The van der Waals surface area contributed by atoms with Crippen LogP contribution < -0.4 is 9.80 Å². The van der Waals surface area contributed by atoms with Crippen LogP contribution >= 0.6 is 11.6 Å². The van der Waals surface area contributed by atoms with E-state index in [2.05, 4.69) is 34.1 Å². The van der Waals surface area contributed by atoms with Crippen LogP contribution in [0.5, 0.6) is 0 Å². The van der Waals surface area contributed by atoms with Gasteiger partial charge in [0.15, 0.2) is 0 Å². The number of hydrogen-bond donors (Lipinski definition) is 0. The van der Waals surface area contributed by atoms with Gasteiger partial charge in [0.1, 0.15) is 0 Å². The molecule has 1 saturated heterocycles. The molecule has 1 fully saturated rings. The molecule has 0 aromatic heterocycles. The second kappa shape index (κ2) is 8.32. The lowest BCUT2D eigenvalue weighted by atomic mass is 10.0. The molecule has 0 unspecified atom stereocenters. The van der Waals surface area contributed by atoms with Gasteiger partial charge in [0.05, 0.1) is 0 Å². The normalized spacial score (nSPS) is 17.7. The van der Waals surface area contributed by atoms with Crippen LogP contribution in [0.2, 0.25) is 5.02 Å². The molecule has 2 aromatic carbocycles. The fourth-order valence-electron chi connectivity index (χ4n) is 4.08.